The summed E-state index contributed by atoms with van der Waals surface area (Å²) < 4.78 is 11.1. The molecular weight excluding hydrogens is 216 g/mol. The lowest BCUT2D eigenvalue weighted by molar-refractivity contribution is -0.0120. The van der Waals surface area contributed by atoms with Crippen LogP contribution in [-0.4, -0.2) is 38.5 Å². The summed E-state index contributed by atoms with van der Waals surface area (Å²) in [6.07, 6.45) is 3.00. The van der Waals surface area contributed by atoms with Gasteiger partial charge in [-0.05, 0) is 39.7 Å². The third-order valence-electron chi connectivity index (χ3n) is 3.45. The molecule has 1 aliphatic rings. The second-order valence-electron chi connectivity index (χ2n) is 5.10. The molecule has 0 amide bonds. The Kier molecular flexibility index (Phi) is 5.90. The molecule has 0 aromatic carbocycles. The standard InChI is InChI=1S/C13H24N2O2/c1-11(8-13(2,10-14)15-3)17-9-12-4-6-16-7-5-12/h11-12,15H,4-9H2,1-3H3. The molecule has 0 aromatic rings. The van der Waals surface area contributed by atoms with Gasteiger partial charge in [-0.1, -0.05) is 0 Å². The molecule has 0 spiro atoms. The second-order valence-corrected chi connectivity index (χ2v) is 5.10. The third-order valence-corrected chi connectivity index (χ3v) is 3.45. The Labute approximate surface area is 104 Å². The molecule has 1 N–H and O–H groups in total. The Balaban J connectivity index is 2.24. The maximum atomic E-state index is 9.07. The fourth-order valence-corrected chi connectivity index (χ4v) is 2.05. The van der Waals surface area contributed by atoms with Crippen LogP contribution in [-0.2, 0) is 9.47 Å². The van der Waals surface area contributed by atoms with Gasteiger partial charge < -0.3 is 14.8 Å². The fraction of sp³-hybridized carbons (Fsp3) is 0.923. The maximum Gasteiger partial charge on any atom is 0.106 e. The highest BCUT2D eigenvalue weighted by molar-refractivity contribution is 5.03. The van der Waals surface area contributed by atoms with Crippen molar-refractivity contribution in [2.75, 3.05) is 26.9 Å². The van der Waals surface area contributed by atoms with Gasteiger partial charge in [-0.2, -0.15) is 5.26 Å². The SMILES string of the molecule is CNC(C)(C#N)CC(C)OCC1CCOCC1. The zero-order valence-corrected chi connectivity index (χ0v) is 11.2. The van der Waals surface area contributed by atoms with Crippen molar-refractivity contribution < 1.29 is 9.47 Å². The van der Waals surface area contributed by atoms with Crippen LogP contribution in [0.4, 0.5) is 0 Å². The Morgan fingerprint density at radius 3 is 2.71 bits per heavy atom. The molecule has 1 aliphatic heterocycles. The number of nitriles is 1. The van der Waals surface area contributed by atoms with E-state index < -0.39 is 5.54 Å². The fourth-order valence-electron chi connectivity index (χ4n) is 2.05. The van der Waals surface area contributed by atoms with Gasteiger partial charge in [-0.3, -0.25) is 0 Å². The molecule has 17 heavy (non-hydrogen) atoms. The van der Waals surface area contributed by atoms with Gasteiger partial charge in [0, 0.05) is 26.2 Å². The molecule has 98 valence electrons. The third kappa shape index (κ3) is 5.03. The number of nitrogens with one attached hydrogen (secondary N) is 1. The molecule has 0 bridgehead atoms. The summed E-state index contributed by atoms with van der Waals surface area (Å²) in [6.45, 7) is 6.44. The number of hydrogen-bond acceptors (Lipinski definition) is 4. The van der Waals surface area contributed by atoms with Gasteiger partial charge in [0.2, 0.25) is 0 Å². The van der Waals surface area contributed by atoms with Crippen LogP contribution in [0.5, 0.6) is 0 Å². The average Bonchev–Trinajstić information content (AvgIpc) is 2.37. The van der Waals surface area contributed by atoms with Crippen LogP contribution in [0.2, 0.25) is 0 Å². The first kappa shape index (κ1) is 14.4. The first-order valence-electron chi connectivity index (χ1n) is 6.39. The molecule has 2 atom stereocenters. The highest BCUT2D eigenvalue weighted by atomic mass is 16.5. The van der Waals surface area contributed by atoms with E-state index in [1.807, 2.05) is 20.9 Å². The van der Waals surface area contributed by atoms with Crippen LogP contribution >= 0.6 is 0 Å². The first-order chi connectivity index (χ1) is 8.09. The van der Waals surface area contributed by atoms with Gasteiger partial charge in [0.05, 0.1) is 12.2 Å². The lowest BCUT2D eigenvalue weighted by Gasteiger charge is -2.27. The van der Waals surface area contributed by atoms with Crippen molar-refractivity contribution in [1.29, 1.82) is 5.26 Å². The lowest BCUT2D eigenvalue weighted by atomic mass is 9.96. The molecule has 0 radical (unpaired) electrons. The Morgan fingerprint density at radius 1 is 1.53 bits per heavy atom. The van der Waals surface area contributed by atoms with Crippen LogP contribution in [0.25, 0.3) is 0 Å². The zero-order valence-electron chi connectivity index (χ0n) is 11.2. The molecule has 4 nitrogen and oxygen atoms in total. The molecule has 0 aromatic heterocycles. The van der Waals surface area contributed by atoms with Gasteiger partial charge in [-0.15, -0.1) is 0 Å². The highest BCUT2D eigenvalue weighted by Gasteiger charge is 2.25. The quantitative estimate of drug-likeness (QED) is 0.768. The van der Waals surface area contributed by atoms with Crippen molar-refractivity contribution in [2.24, 2.45) is 5.92 Å². The van der Waals surface area contributed by atoms with Crippen LogP contribution in [0, 0.1) is 17.2 Å². The Morgan fingerprint density at radius 2 is 2.18 bits per heavy atom. The molecule has 1 saturated heterocycles. The molecule has 0 aliphatic carbocycles. The minimum atomic E-state index is -0.491. The number of hydrogen-bond donors (Lipinski definition) is 1. The first-order valence-corrected chi connectivity index (χ1v) is 6.39. The predicted molar refractivity (Wildman–Crippen MR) is 66.7 cm³/mol. The average molecular weight is 240 g/mol. The molecule has 2 unspecified atom stereocenters. The van der Waals surface area contributed by atoms with E-state index in [4.69, 9.17) is 14.7 Å². The van der Waals surface area contributed by atoms with E-state index in [-0.39, 0.29) is 6.10 Å². The lowest BCUT2D eigenvalue weighted by Crippen LogP contribution is -2.41. The van der Waals surface area contributed by atoms with Gasteiger partial charge in [-0.25, -0.2) is 0 Å². The molecule has 1 rings (SSSR count). The monoisotopic (exact) mass is 240 g/mol. The zero-order chi connectivity index (χ0) is 12.7. The summed E-state index contributed by atoms with van der Waals surface area (Å²) in [5, 5.41) is 12.1. The number of ether oxygens (including phenoxy) is 2. The molecular formula is C13H24N2O2. The molecule has 4 heteroatoms. The minimum absolute atomic E-state index is 0.106. The number of rotatable bonds is 6. The smallest absolute Gasteiger partial charge is 0.106 e. The summed E-state index contributed by atoms with van der Waals surface area (Å²) in [5.74, 6) is 0.620. The van der Waals surface area contributed by atoms with Crippen molar-refractivity contribution in [1.82, 2.24) is 5.32 Å². The summed E-state index contributed by atoms with van der Waals surface area (Å²) in [6, 6.07) is 2.29. The number of nitrogens with zero attached hydrogens (tertiary/aromatic N) is 1. The van der Waals surface area contributed by atoms with E-state index in [1.54, 1.807) is 0 Å². The van der Waals surface area contributed by atoms with Crippen molar-refractivity contribution in [2.45, 2.75) is 44.8 Å². The van der Waals surface area contributed by atoms with Crippen molar-refractivity contribution in [3.8, 4) is 6.07 Å². The van der Waals surface area contributed by atoms with Crippen molar-refractivity contribution in [3.63, 3.8) is 0 Å². The Hall–Kier alpha value is -0.630. The van der Waals surface area contributed by atoms with E-state index in [1.165, 1.54) is 0 Å². The van der Waals surface area contributed by atoms with Gasteiger partial charge in [0.1, 0.15) is 5.54 Å². The van der Waals surface area contributed by atoms with Gasteiger partial charge >= 0.3 is 0 Å². The van der Waals surface area contributed by atoms with Gasteiger partial charge in [0.25, 0.3) is 0 Å². The van der Waals surface area contributed by atoms with E-state index in [2.05, 4.69) is 11.4 Å². The van der Waals surface area contributed by atoms with Crippen LogP contribution in [0.15, 0.2) is 0 Å². The Bertz CT molecular complexity index is 259. The van der Waals surface area contributed by atoms with Crippen molar-refractivity contribution in [3.05, 3.63) is 0 Å². The summed E-state index contributed by atoms with van der Waals surface area (Å²) in [4.78, 5) is 0. The van der Waals surface area contributed by atoms with E-state index in [9.17, 15) is 0 Å². The molecule has 0 saturated carbocycles. The van der Waals surface area contributed by atoms with Gasteiger partial charge in [0.15, 0.2) is 0 Å². The van der Waals surface area contributed by atoms with E-state index in [0.717, 1.165) is 32.7 Å². The normalized spacial score (nSPS) is 22.7. The summed E-state index contributed by atoms with van der Waals surface area (Å²) in [5.41, 5.74) is -0.491. The van der Waals surface area contributed by atoms with Crippen LogP contribution < -0.4 is 5.32 Å². The summed E-state index contributed by atoms with van der Waals surface area (Å²) in [7, 11) is 1.81. The summed E-state index contributed by atoms with van der Waals surface area (Å²) >= 11 is 0. The maximum absolute atomic E-state index is 9.07. The minimum Gasteiger partial charge on any atom is -0.381 e. The van der Waals surface area contributed by atoms with Crippen LogP contribution in [0.1, 0.15) is 33.1 Å². The highest BCUT2D eigenvalue weighted by Crippen LogP contribution is 2.18. The van der Waals surface area contributed by atoms with Crippen molar-refractivity contribution >= 4 is 0 Å². The molecule has 1 fully saturated rings. The van der Waals surface area contributed by atoms with E-state index >= 15 is 0 Å². The van der Waals surface area contributed by atoms with E-state index in [0.29, 0.717) is 12.3 Å². The predicted octanol–water partition coefficient (Wildman–Crippen LogP) is 1.71. The van der Waals surface area contributed by atoms with Crippen LogP contribution in [0.3, 0.4) is 0 Å². The molecule has 1 heterocycles. The topological polar surface area (TPSA) is 54.3 Å². The second kappa shape index (κ2) is 6.95. The largest absolute Gasteiger partial charge is 0.381 e.